The molecule has 0 fully saturated rings. The first kappa shape index (κ1) is 18.7. The van der Waals surface area contributed by atoms with Crippen LogP contribution in [0.5, 0.6) is 5.75 Å². The Morgan fingerprint density at radius 2 is 1.96 bits per heavy atom. The predicted molar refractivity (Wildman–Crippen MR) is 104 cm³/mol. The quantitative estimate of drug-likeness (QED) is 0.650. The first-order valence-electron chi connectivity index (χ1n) is 8.24. The Morgan fingerprint density at radius 3 is 2.63 bits per heavy atom. The van der Waals surface area contributed by atoms with Crippen molar-refractivity contribution in [2.24, 2.45) is 0 Å². The minimum absolute atomic E-state index is 0.0746. The number of hydrogen-bond donors (Lipinski definition) is 2. The fourth-order valence-electron chi connectivity index (χ4n) is 2.45. The van der Waals surface area contributed by atoms with Gasteiger partial charge in [-0.25, -0.2) is 13.4 Å². The van der Waals surface area contributed by atoms with Crippen molar-refractivity contribution in [1.29, 1.82) is 0 Å². The molecule has 0 aliphatic rings. The van der Waals surface area contributed by atoms with E-state index in [-0.39, 0.29) is 16.5 Å². The smallest absolute Gasteiger partial charge is 0.266 e. The summed E-state index contributed by atoms with van der Waals surface area (Å²) in [5.41, 5.74) is 2.63. The molecule has 27 heavy (non-hydrogen) atoms. The normalized spacial score (nSPS) is 11.0. The van der Waals surface area contributed by atoms with E-state index in [0.29, 0.717) is 6.54 Å². The lowest BCUT2D eigenvalue weighted by molar-refractivity contribution is 0.402. The number of pyridine rings is 2. The lowest BCUT2D eigenvalue weighted by Crippen LogP contribution is -2.15. The molecule has 0 amide bonds. The fraction of sp³-hybridized carbons (Fsp3) is 0.158. The maximum atomic E-state index is 12.7. The molecule has 0 aliphatic carbocycles. The van der Waals surface area contributed by atoms with Gasteiger partial charge in [-0.05, 0) is 48.4 Å². The van der Waals surface area contributed by atoms with E-state index in [1.165, 1.54) is 7.11 Å². The van der Waals surface area contributed by atoms with E-state index in [0.717, 1.165) is 16.8 Å². The van der Waals surface area contributed by atoms with Gasteiger partial charge in [-0.2, -0.15) is 0 Å². The van der Waals surface area contributed by atoms with E-state index >= 15 is 0 Å². The fourth-order valence-corrected chi connectivity index (χ4v) is 3.72. The van der Waals surface area contributed by atoms with Gasteiger partial charge in [-0.3, -0.25) is 9.71 Å². The van der Waals surface area contributed by atoms with Crippen LogP contribution in [0, 0.1) is 6.92 Å². The maximum Gasteiger partial charge on any atom is 0.266 e. The van der Waals surface area contributed by atoms with Crippen LogP contribution in [-0.4, -0.2) is 25.5 Å². The molecule has 0 radical (unpaired) electrons. The van der Waals surface area contributed by atoms with E-state index in [4.69, 9.17) is 4.74 Å². The number of sulfonamides is 1. The van der Waals surface area contributed by atoms with E-state index in [9.17, 15) is 8.42 Å². The summed E-state index contributed by atoms with van der Waals surface area (Å²) in [4.78, 5) is 8.30. The number of benzene rings is 1. The van der Waals surface area contributed by atoms with E-state index < -0.39 is 10.0 Å². The Balaban J connectivity index is 1.71. The van der Waals surface area contributed by atoms with E-state index in [2.05, 4.69) is 20.0 Å². The summed E-state index contributed by atoms with van der Waals surface area (Å²) in [5, 5.41) is 3.21. The van der Waals surface area contributed by atoms with Gasteiger partial charge in [-0.15, -0.1) is 0 Å². The number of methoxy groups -OCH3 is 1. The highest BCUT2D eigenvalue weighted by Gasteiger charge is 2.20. The average molecular weight is 384 g/mol. The number of anilines is 2. The molecule has 0 aliphatic heterocycles. The molecule has 3 rings (SSSR count). The van der Waals surface area contributed by atoms with Crippen LogP contribution in [0.4, 0.5) is 11.5 Å². The largest absolute Gasteiger partial charge is 0.495 e. The number of nitrogens with one attached hydrogen (secondary N) is 2. The molecule has 2 aromatic heterocycles. The third kappa shape index (κ3) is 4.73. The molecule has 0 atom stereocenters. The van der Waals surface area contributed by atoms with Crippen LogP contribution in [0.3, 0.4) is 0 Å². The maximum absolute atomic E-state index is 12.7. The standard InChI is InChI=1S/C19H20N4O3S/c1-14-5-7-17(26-2)18(10-14)27(24,25)23-19-8-6-16(13-22-19)21-12-15-4-3-9-20-11-15/h3-11,13,21H,12H2,1-2H3,(H,22,23). The van der Waals surface area contributed by atoms with Crippen LogP contribution < -0.4 is 14.8 Å². The van der Waals surface area contributed by atoms with Crippen LogP contribution in [0.25, 0.3) is 0 Å². The first-order chi connectivity index (χ1) is 13.0. The van der Waals surface area contributed by atoms with Gasteiger partial charge in [0, 0.05) is 18.9 Å². The van der Waals surface area contributed by atoms with Crippen LogP contribution in [0.1, 0.15) is 11.1 Å². The minimum Gasteiger partial charge on any atom is -0.495 e. The summed E-state index contributed by atoms with van der Waals surface area (Å²) < 4.78 is 33.0. The Bertz CT molecular complexity index is 1010. The molecule has 0 spiro atoms. The van der Waals surface area contributed by atoms with Crippen LogP contribution in [-0.2, 0) is 16.6 Å². The highest BCUT2D eigenvalue weighted by Crippen LogP contribution is 2.26. The molecule has 8 heteroatoms. The average Bonchev–Trinajstić information content (AvgIpc) is 2.68. The van der Waals surface area contributed by atoms with Crippen molar-refractivity contribution < 1.29 is 13.2 Å². The molecule has 0 saturated heterocycles. The van der Waals surface area contributed by atoms with E-state index in [1.807, 2.05) is 19.1 Å². The van der Waals surface area contributed by atoms with Gasteiger partial charge in [0.05, 0.1) is 19.0 Å². The molecule has 3 aromatic rings. The molecule has 2 N–H and O–H groups in total. The molecular formula is C19H20N4O3S. The second-order valence-corrected chi connectivity index (χ2v) is 7.56. The Hall–Kier alpha value is -3.13. The number of ether oxygens (including phenoxy) is 1. The second-order valence-electron chi connectivity index (χ2n) is 5.91. The molecule has 7 nitrogen and oxygen atoms in total. The highest BCUT2D eigenvalue weighted by molar-refractivity contribution is 7.92. The van der Waals surface area contributed by atoms with Crippen LogP contribution in [0.15, 0.2) is 66.0 Å². The van der Waals surface area contributed by atoms with Crippen LogP contribution >= 0.6 is 0 Å². The van der Waals surface area contributed by atoms with Crippen molar-refractivity contribution in [2.75, 3.05) is 17.1 Å². The molecule has 140 valence electrons. The zero-order chi connectivity index (χ0) is 19.3. The summed E-state index contributed by atoms with van der Waals surface area (Å²) in [7, 11) is -2.38. The number of aromatic nitrogens is 2. The topological polar surface area (TPSA) is 93.2 Å². The zero-order valence-corrected chi connectivity index (χ0v) is 15.8. The highest BCUT2D eigenvalue weighted by atomic mass is 32.2. The van der Waals surface area contributed by atoms with Gasteiger partial charge in [0.25, 0.3) is 10.0 Å². The lowest BCUT2D eigenvalue weighted by atomic mass is 10.2. The molecule has 0 saturated carbocycles. The second kappa shape index (κ2) is 8.05. The first-order valence-corrected chi connectivity index (χ1v) is 9.72. The van der Waals surface area contributed by atoms with Gasteiger partial charge in [0.1, 0.15) is 16.5 Å². The van der Waals surface area contributed by atoms with Crippen molar-refractivity contribution in [1.82, 2.24) is 9.97 Å². The van der Waals surface area contributed by atoms with Crippen molar-refractivity contribution in [3.05, 3.63) is 72.2 Å². The Kier molecular flexibility index (Phi) is 5.56. The van der Waals surface area contributed by atoms with Gasteiger partial charge in [0.15, 0.2) is 0 Å². The van der Waals surface area contributed by atoms with Gasteiger partial charge >= 0.3 is 0 Å². The molecule has 0 unspecified atom stereocenters. The number of aryl methyl sites for hydroxylation is 1. The predicted octanol–water partition coefficient (Wildman–Crippen LogP) is 3.21. The summed E-state index contributed by atoms with van der Waals surface area (Å²) in [6.07, 6.45) is 5.06. The Labute approximate surface area is 158 Å². The van der Waals surface area contributed by atoms with Crippen molar-refractivity contribution in [2.45, 2.75) is 18.4 Å². The molecular weight excluding hydrogens is 364 g/mol. The third-order valence-corrected chi connectivity index (χ3v) is 5.21. The SMILES string of the molecule is COc1ccc(C)cc1S(=O)(=O)Nc1ccc(NCc2cccnc2)cn1. The number of hydrogen-bond acceptors (Lipinski definition) is 6. The molecule has 1 aromatic carbocycles. The van der Waals surface area contributed by atoms with Gasteiger partial charge in [0.2, 0.25) is 0 Å². The van der Waals surface area contributed by atoms with Crippen molar-refractivity contribution in [3.63, 3.8) is 0 Å². The minimum atomic E-state index is -3.81. The molecule has 2 heterocycles. The summed E-state index contributed by atoms with van der Waals surface area (Å²) in [5.74, 6) is 0.508. The van der Waals surface area contributed by atoms with Crippen LogP contribution in [0.2, 0.25) is 0 Å². The summed E-state index contributed by atoms with van der Waals surface area (Å²) in [6, 6.07) is 12.2. The van der Waals surface area contributed by atoms with E-state index in [1.54, 1.807) is 48.9 Å². The number of rotatable bonds is 7. The summed E-state index contributed by atoms with van der Waals surface area (Å²) in [6.45, 7) is 2.42. The van der Waals surface area contributed by atoms with Crippen molar-refractivity contribution in [3.8, 4) is 5.75 Å². The Morgan fingerprint density at radius 1 is 1.11 bits per heavy atom. The number of nitrogens with zero attached hydrogens (tertiary/aromatic N) is 2. The monoisotopic (exact) mass is 384 g/mol. The lowest BCUT2D eigenvalue weighted by Gasteiger charge is -2.12. The zero-order valence-electron chi connectivity index (χ0n) is 15.0. The van der Waals surface area contributed by atoms with Gasteiger partial charge < -0.3 is 10.1 Å². The summed E-state index contributed by atoms with van der Waals surface area (Å²) >= 11 is 0. The molecule has 0 bridgehead atoms. The van der Waals surface area contributed by atoms with Gasteiger partial charge in [-0.1, -0.05) is 12.1 Å². The van der Waals surface area contributed by atoms with Crippen molar-refractivity contribution >= 4 is 21.5 Å². The third-order valence-electron chi connectivity index (χ3n) is 3.83.